The molecule has 0 spiro atoms. The van der Waals surface area contributed by atoms with Gasteiger partial charge in [-0.05, 0) is 18.9 Å². The molecule has 2 aromatic heterocycles. The number of carbonyl (C=O) groups is 1. The molecule has 0 fully saturated rings. The molecule has 1 aliphatic heterocycles. The standard InChI is InChI=1S/C20H22N6O2/c1-14-22-17-9-12-25(11-8-16(17)19(27)23-14)20(28)24-18-7-10-21-26(18)13-15-5-3-2-4-6-15/h2-7,10H,8-9,11-13H2,1H3,(H,24,28)(H,22,23,27). The summed E-state index contributed by atoms with van der Waals surface area (Å²) >= 11 is 0. The molecule has 1 aromatic carbocycles. The van der Waals surface area contributed by atoms with Gasteiger partial charge in [0.05, 0.1) is 18.4 Å². The number of aromatic nitrogens is 4. The Bertz CT molecular complexity index is 1040. The van der Waals surface area contributed by atoms with Crippen molar-refractivity contribution in [1.29, 1.82) is 0 Å². The summed E-state index contributed by atoms with van der Waals surface area (Å²) in [6, 6.07) is 11.5. The van der Waals surface area contributed by atoms with Crippen LogP contribution in [0.4, 0.5) is 10.6 Å². The van der Waals surface area contributed by atoms with Gasteiger partial charge in [-0.1, -0.05) is 30.3 Å². The molecular formula is C20H22N6O2. The summed E-state index contributed by atoms with van der Waals surface area (Å²) < 4.78 is 1.76. The number of nitrogens with zero attached hydrogens (tertiary/aromatic N) is 4. The number of hydrogen-bond acceptors (Lipinski definition) is 4. The van der Waals surface area contributed by atoms with Crippen molar-refractivity contribution in [2.45, 2.75) is 26.3 Å². The highest BCUT2D eigenvalue weighted by atomic mass is 16.2. The lowest BCUT2D eigenvalue weighted by atomic mass is 10.1. The first kappa shape index (κ1) is 18.0. The zero-order valence-corrected chi connectivity index (χ0v) is 15.7. The summed E-state index contributed by atoms with van der Waals surface area (Å²) in [6.07, 6.45) is 2.73. The van der Waals surface area contributed by atoms with Crippen LogP contribution >= 0.6 is 0 Å². The fourth-order valence-corrected chi connectivity index (χ4v) is 3.45. The Hall–Kier alpha value is -3.42. The Morgan fingerprint density at radius 3 is 2.79 bits per heavy atom. The molecule has 0 unspecified atom stereocenters. The first-order valence-corrected chi connectivity index (χ1v) is 9.30. The van der Waals surface area contributed by atoms with Crippen molar-refractivity contribution in [3.8, 4) is 0 Å². The number of amides is 2. The molecule has 4 rings (SSSR count). The minimum absolute atomic E-state index is 0.106. The molecule has 8 nitrogen and oxygen atoms in total. The van der Waals surface area contributed by atoms with E-state index >= 15 is 0 Å². The first-order valence-electron chi connectivity index (χ1n) is 9.30. The fraction of sp³-hybridized carbons (Fsp3) is 0.300. The molecule has 0 radical (unpaired) electrons. The van der Waals surface area contributed by atoms with E-state index in [4.69, 9.17) is 0 Å². The highest BCUT2D eigenvalue weighted by Gasteiger charge is 2.22. The second-order valence-electron chi connectivity index (χ2n) is 6.85. The van der Waals surface area contributed by atoms with E-state index in [1.807, 2.05) is 30.3 Å². The second kappa shape index (κ2) is 7.67. The molecule has 28 heavy (non-hydrogen) atoms. The molecule has 3 aromatic rings. The summed E-state index contributed by atoms with van der Waals surface area (Å²) in [6.45, 7) is 3.33. The first-order chi connectivity index (χ1) is 13.6. The highest BCUT2D eigenvalue weighted by Crippen LogP contribution is 2.14. The van der Waals surface area contributed by atoms with Crippen LogP contribution in [-0.2, 0) is 19.4 Å². The van der Waals surface area contributed by atoms with E-state index in [-0.39, 0.29) is 11.6 Å². The van der Waals surface area contributed by atoms with Gasteiger partial charge >= 0.3 is 6.03 Å². The maximum atomic E-state index is 12.8. The van der Waals surface area contributed by atoms with Gasteiger partial charge in [0, 0.05) is 31.1 Å². The smallest absolute Gasteiger partial charge is 0.323 e. The maximum absolute atomic E-state index is 12.8. The van der Waals surface area contributed by atoms with E-state index in [1.165, 1.54) is 0 Å². The third kappa shape index (κ3) is 3.80. The molecule has 0 bridgehead atoms. The van der Waals surface area contributed by atoms with E-state index in [2.05, 4.69) is 20.4 Å². The Kier molecular flexibility index (Phi) is 4.92. The summed E-state index contributed by atoms with van der Waals surface area (Å²) in [4.78, 5) is 33.9. The zero-order chi connectivity index (χ0) is 19.5. The van der Waals surface area contributed by atoms with Crippen molar-refractivity contribution in [1.82, 2.24) is 24.6 Å². The maximum Gasteiger partial charge on any atom is 0.323 e. The molecule has 8 heteroatoms. The number of carbonyl (C=O) groups excluding carboxylic acids is 1. The number of aryl methyl sites for hydroxylation is 1. The fourth-order valence-electron chi connectivity index (χ4n) is 3.45. The molecule has 1 aliphatic rings. The van der Waals surface area contributed by atoms with Gasteiger partial charge in [0.1, 0.15) is 11.6 Å². The van der Waals surface area contributed by atoms with E-state index in [9.17, 15) is 9.59 Å². The summed E-state index contributed by atoms with van der Waals surface area (Å²) in [5.41, 5.74) is 2.46. The molecule has 3 heterocycles. The van der Waals surface area contributed by atoms with Gasteiger partial charge in [0.15, 0.2) is 0 Å². The number of aromatic amines is 1. The quantitative estimate of drug-likeness (QED) is 0.728. The van der Waals surface area contributed by atoms with E-state index < -0.39 is 0 Å². The van der Waals surface area contributed by atoms with Crippen LogP contribution < -0.4 is 10.9 Å². The Balaban J connectivity index is 1.45. The van der Waals surface area contributed by atoms with Crippen LogP contribution in [0.3, 0.4) is 0 Å². The lowest BCUT2D eigenvalue weighted by Gasteiger charge is -2.21. The minimum Gasteiger partial charge on any atom is -0.324 e. The van der Waals surface area contributed by atoms with Crippen LogP contribution in [0.5, 0.6) is 0 Å². The molecule has 0 saturated heterocycles. The number of rotatable bonds is 3. The van der Waals surface area contributed by atoms with Crippen molar-refractivity contribution in [2.75, 3.05) is 18.4 Å². The average Bonchev–Trinajstić information content (AvgIpc) is 2.98. The average molecular weight is 378 g/mol. The summed E-state index contributed by atoms with van der Waals surface area (Å²) in [7, 11) is 0. The highest BCUT2D eigenvalue weighted by molar-refractivity contribution is 5.88. The number of urea groups is 1. The Morgan fingerprint density at radius 1 is 1.18 bits per heavy atom. The van der Waals surface area contributed by atoms with Gasteiger partial charge in [-0.25, -0.2) is 14.5 Å². The van der Waals surface area contributed by atoms with Gasteiger partial charge in [0.25, 0.3) is 5.56 Å². The minimum atomic E-state index is -0.198. The van der Waals surface area contributed by atoms with Gasteiger partial charge in [-0.2, -0.15) is 5.10 Å². The van der Waals surface area contributed by atoms with Crippen LogP contribution in [0.2, 0.25) is 0 Å². The number of H-pyrrole nitrogens is 1. The van der Waals surface area contributed by atoms with Crippen LogP contribution in [0.25, 0.3) is 0 Å². The van der Waals surface area contributed by atoms with Gasteiger partial charge < -0.3 is 9.88 Å². The van der Waals surface area contributed by atoms with E-state index in [0.717, 1.165) is 11.3 Å². The van der Waals surface area contributed by atoms with E-state index in [1.54, 1.807) is 28.8 Å². The number of nitrogens with one attached hydrogen (secondary N) is 2. The number of benzene rings is 1. The van der Waals surface area contributed by atoms with Crippen LogP contribution in [0.15, 0.2) is 47.4 Å². The van der Waals surface area contributed by atoms with Crippen molar-refractivity contribution in [3.05, 3.63) is 75.6 Å². The van der Waals surface area contributed by atoms with Gasteiger partial charge in [-0.3, -0.25) is 10.1 Å². The topological polar surface area (TPSA) is 95.9 Å². The van der Waals surface area contributed by atoms with Crippen LogP contribution in [0.1, 0.15) is 22.6 Å². The molecule has 0 saturated carbocycles. The lowest BCUT2D eigenvalue weighted by molar-refractivity contribution is 0.214. The van der Waals surface area contributed by atoms with Crippen molar-refractivity contribution in [3.63, 3.8) is 0 Å². The zero-order valence-electron chi connectivity index (χ0n) is 15.7. The Labute approximate surface area is 162 Å². The monoisotopic (exact) mass is 378 g/mol. The lowest BCUT2D eigenvalue weighted by Crippen LogP contribution is -2.37. The molecule has 144 valence electrons. The predicted octanol–water partition coefficient (Wildman–Crippen LogP) is 1.96. The normalized spacial score (nSPS) is 13.7. The predicted molar refractivity (Wildman–Crippen MR) is 105 cm³/mol. The molecule has 2 amide bonds. The molecular weight excluding hydrogens is 356 g/mol. The molecule has 0 atom stereocenters. The number of fused-ring (bicyclic) bond motifs is 1. The third-order valence-corrected chi connectivity index (χ3v) is 4.88. The van der Waals surface area contributed by atoms with Crippen LogP contribution in [0, 0.1) is 6.92 Å². The van der Waals surface area contributed by atoms with Gasteiger partial charge in [0.2, 0.25) is 0 Å². The Morgan fingerprint density at radius 2 is 1.96 bits per heavy atom. The third-order valence-electron chi connectivity index (χ3n) is 4.88. The van der Waals surface area contributed by atoms with Crippen molar-refractivity contribution in [2.24, 2.45) is 0 Å². The van der Waals surface area contributed by atoms with Crippen LogP contribution in [-0.4, -0.2) is 43.8 Å². The molecule has 2 N–H and O–H groups in total. The SMILES string of the molecule is Cc1nc2c(c(=O)[nH]1)CCN(C(=O)Nc1ccnn1Cc1ccccc1)CC2. The molecule has 0 aliphatic carbocycles. The largest absolute Gasteiger partial charge is 0.324 e. The van der Waals surface area contributed by atoms with Crippen molar-refractivity contribution >= 4 is 11.8 Å². The summed E-state index contributed by atoms with van der Waals surface area (Å²) in [5.74, 6) is 1.24. The van der Waals surface area contributed by atoms with Gasteiger partial charge in [-0.15, -0.1) is 0 Å². The van der Waals surface area contributed by atoms with E-state index in [0.29, 0.717) is 49.7 Å². The van der Waals surface area contributed by atoms with Crippen molar-refractivity contribution < 1.29 is 4.79 Å². The summed E-state index contributed by atoms with van der Waals surface area (Å²) in [5, 5.41) is 7.25. The second-order valence-corrected chi connectivity index (χ2v) is 6.85. The number of hydrogen-bond donors (Lipinski definition) is 2. The number of anilines is 1.